The van der Waals surface area contributed by atoms with Crippen molar-refractivity contribution in [2.24, 2.45) is 0 Å². The summed E-state index contributed by atoms with van der Waals surface area (Å²) in [6.07, 6.45) is 2.79. The Hall–Kier alpha value is -1.72. The Balaban J connectivity index is 2.24. The van der Waals surface area contributed by atoms with Crippen molar-refractivity contribution >= 4 is 42.5 Å². The summed E-state index contributed by atoms with van der Waals surface area (Å²) in [5.74, 6) is -0.536. The SMILES string of the molecule is O=C1c2cc3ccccc3nc2C=CC1S(=O)(=O)Cl. The molecule has 0 fully saturated rings. The van der Waals surface area contributed by atoms with E-state index in [9.17, 15) is 13.2 Å². The van der Waals surface area contributed by atoms with Gasteiger partial charge in [-0.15, -0.1) is 0 Å². The fourth-order valence-corrected chi connectivity index (χ4v) is 3.17. The summed E-state index contributed by atoms with van der Waals surface area (Å²) >= 11 is 0. The predicted molar refractivity (Wildman–Crippen MR) is 73.7 cm³/mol. The standard InChI is InChI=1S/C13H8ClNO3S/c14-19(17,18)12-6-5-11-9(13(12)16)7-8-3-1-2-4-10(8)15-11/h1-7,12H. The van der Waals surface area contributed by atoms with E-state index >= 15 is 0 Å². The van der Waals surface area contributed by atoms with Gasteiger partial charge in [0, 0.05) is 21.6 Å². The van der Waals surface area contributed by atoms with Gasteiger partial charge in [-0.05, 0) is 18.2 Å². The third-order valence-electron chi connectivity index (χ3n) is 3.01. The van der Waals surface area contributed by atoms with Gasteiger partial charge in [-0.2, -0.15) is 0 Å². The van der Waals surface area contributed by atoms with Crippen molar-refractivity contribution in [1.82, 2.24) is 4.98 Å². The lowest BCUT2D eigenvalue weighted by Crippen LogP contribution is -2.28. The first-order chi connectivity index (χ1) is 8.97. The van der Waals surface area contributed by atoms with Crippen LogP contribution in [0, 0.1) is 0 Å². The molecule has 0 radical (unpaired) electrons. The number of para-hydroxylation sites is 1. The predicted octanol–water partition coefficient (Wildman–Crippen LogP) is 2.38. The molecule has 0 N–H and O–H groups in total. The Kier molecular flexibility index (Phi) is 2.69. The lowest BCUT2D eigenvalue weighted by molar-refractivity contribution is 0.0998. The van der Waals surface area contributed by atoms with Gasteiger partial charge in [-0.1, -0.05) is 24.3 Å². The van der Waals surface area contributed by atoms with E-state index in [-0.39, 0.29) is 5.56 Å². The molecule has 1 aliphatic rings. The van der Waals surface area contributed by atoms with Crippen LogP contribution in [-0.2, 0) is 9.05 Å². The summed E-state index contributed by atoms with van der Waals surface area (Å²) in [5.41, 5.74) is 1.52. The molecule has 0 saturated heterocycles. The lowest BCUT2D eigenvalue weighted by Gasteiger charge is -2.15. The molecular weight excluding hydrogens is 286 g/mol. The van der Waals surface area contributed by atoms with Gasteiger partial charge in [-0.25, -0.2) is 13.4 Å². The summed E-state index contributed by atoms with van der Waals surface area (Å²) in [5, 5.41) is -0.541. The van der Waals surface area contributed by atoms with Crippen molar-refractivity contribution in [2.45, 2.75) is 5.25 Å². The van der Waals surface area contributed by atoms with E-state index < -0.39 is 20.1 Å². The maximum absolute atomic E-state index is 12.2. The summed E-state index contributed by atoms with van der Waals surface area (Å²) in [4.78, 5) is 16.5. The number of fused-ring (bicyclic) bond motifs is 2. The molecule has 1 heterocycles. The van der Waals surface area contributed by atoms with E-state index in [1.54, 1.807) is 6.07 Å². The maximum atomic E-state index is 12.2. The Morgan fingerprint density at radius 2 is 1.95 bits per heavy atom. The summed E-state index contributed by atoms with van der Waals surface area (Å²) < 4.78 is 22.7. The minimum Gasteiger partial charge on any atom is -0.292 e. The number of rotatable bonds is 1. The van der Waals surface area contributed by atoms with Gasteiger partial charge in [0.2, 0.25) is 9.05 Å². The van der Waals surface area contributed by atoms with Crippen molar-refractivity contribution in [3.63, 3.8) is 0 Å². The topological polar surface area (TPSA) is 64.1 Å². The van der Waals surface area contributed by atoms with E-state index in [0.29, 0.717) is 5.69 Å². The Morgan fingerprint density at radius 1 is 1.21 bits per heavy atom. The molecule has 1 aromatic carbocycles. The first-order valence-electron chi connectivity index (χ1n) is 5.52. The number of carbonyl (C=O) groups excluding carboxylic acids is 1. The van der Waals surface area contributed by atoms with Crippen LogP contribution >= 0.6 is 10.7 Å². The number of ketones is 1. The van der Waals surface area contributed by atoms with Crippen LogP contribution in [-0.4, -0.2) is 24.4 Å². The van der Waals surface area contributed by atoms with Gasteiger partial charge in [-0.3, -0.25) is 4.79 Å². The molecule has 0 aliphatic heterocycles. The van der Waals surface area contributed by atoms with Gasteiger partial charge >= 0.3 is 0 Å². The van der Waals surface area contributed by atoms with Gasteiger partial charge in [0.1, 0.15) is 0 Å². The molecule has 0 saturated carbocycles. The molecule has 0 amide bonds. The largest absolute Gasteiger partial charge is 0.292 e. The first kappa shape index (κ1) is 12.3. The number of pyridine rings is 1. The van der Waals surface area contributed by atoms with Gasteiger partial charge < -0.3 is 0 Å². The zero-order valence-electron chi connectivity index (χ0n) is 9.58. The number of carbonyl (C=O) groups is 1. The van der Waals surface area contributed by atoms with Crippen LogP contribution in [0.25, 0.3) is 17.0 Å². The van der Waals surface area contributed by atoms with E-state index in [0.717, 1.165) is 10.9 Å². The lowest BCUT2D eigenvalue weighted by atomic mass is 9.98. The number of halogens is 1. The fraction of sp³-hybridized carbons (Fsp3) is 0.0769. The van der Waals surface area contributed by atoms with E-state index in [1.165, 1.54) is 12.2 Å². The Labute approximate surface area is 114 Å². The molecule has 0 spiro atoms. The maximum Gasteiger partial charge on any atom is 0.246 e. The Morgan fingerprint density at radius 3 is 2.68 bits per heavy atom. The van der Waals surface area contributed by atoms with Crippen LogP contribution in [0.5, 0.6) is 0 Å². The minimum atomic E-state index is -3.96. The van der Waals surface area contributed by atoms with Crippen molar-refractivity contribution < 1.29 is 13.2 Å². The number of hydrogen-bond donors (Lipinski definition) is 0. The molecule has 2 aromatic rings. The second-order valence-corrected chi connectivity index (χ2v) is 6.98. The molecule has 1 aliphatic carbocycles. The summed E-state index contributed by atoms with van der Waals surface area (Å²) in [6.45, 7) is 0. The molecule has 0 bridgehead atoms. The molecular formula is C13H8ClNO3S. The molecule has 1 aromatic heterocycles. The van der Waals surface area contributed by atoms with Crippen LogP contribution in [0.2, 0.25) is 0 Å². The average Bonchev–Trinajstić information content (AvgIpc) is 2.36. The van der Waals surface area contributed by atoms with E-state index in [1.807, 2.05) is 24.3 Å². The van der Waals surface area contributed by atoms with Crippen LogP contribution in [0.4, 0.5) is 0 Å². The minimum absolute atomic E-state index is 0.287. The van der Waals surface area contributed by atoms with Gasteiger partial charge in [0.15, 0.2) is 11.0 Å². The molecule has 3 rings (SSSR count). The quantitative estimate of drug-likeness (QED) is 0.757. The monoisotopic (exact) mass is 293 g/mol. The molecule has 4 nitrogen and oxygen atoms in total. The fourth-order valence-electron chi connectivity index (χ4n) is 2.10. The van der Waals surface area contributed by atoms with E-state index in [2.05, 4.69) is 4.98 Å². The zero-order chi connectivity index (χ0) is 13.6. The summed E-state index contributed by atoms with van der Waals surface area (Å²) in [6, 6.07) is 8.98. The van der Waals surface area contributed by atoms with Crippen molar-refractivity contribution in [3.05, 3.63) is 47.7 Å². The van der Waals surface area contributed by atoms with Gasteiger partial charge in [0.25, 0.3) is 0 Å². The highest BCUT2D eigenvalue weighted by Gasteiger charge is 2.33. The van der Waals surface area contributed by atoms with Crippen molar-refractivity contribution in [2.75, 3.05) is 0 Å². The van der Waals surface area contributed by atoms with Gasteiger partial charge in [0.05, 0.1) is 11.2 Å². The third-order valence-corrected chi connectivity index (χ3v) is 4.56. The molecule has 1 atom stereocenters. The number of aromatic nitrogens is 1. The average molecular weight is 294 g/mol. The molecule has 19 heavy (non-hydrogen) atoms. The van der Waals surface area contributed by atoms with E-state index in [4.69, 9.17) is 10.7 Å². The van der Waals surface area contributed by atoms with Crippen LogP contribution in [0.15, 0.2) is 36.4 Å². The zero-order valence-corrected chi connectivity index (χ0v) is 11.1. The molecule has 96 valence electrons. The van der Waals surface area contributed by atoms with Crippen LogP contribution < -0.4 is 0 Å². The number of hydrogen-bond acceptors (Lipinski definition) is 4. The highest BCUT2D eigenvalue weighted by atomic mass is 35.7. The first-order valence-corrected chi connectivity index (χ1v) is 7.90. The highest BCUT2D eigenvalue weighted by Crippen LogP contribution is 2.26. The number of nitrogens with zero attached hydrogens (tertiary/aromatic N) is 1. The van der Waals surface area contributed by atoms with Crippen molar-refractivity contribution in [3.8, 4) is 0 Å². The normalized spacial score (nSPS) is 18.6. The number of Topliss-reactive ketones (excluding diaryl/α,β-unsaturated/α-hetero) is 1. The summed E-state index contributed by atoms with van der Waals surface area (Å²) in [7, 11) is 1.31. The smallest absolute Gasteiger partial charge is 0.246 e. The molecule has 1 unspecified atom stereocenters. The highest BCUT2D eigenvalue weighted by molar-refractivity contribution is 8.14. The second-order valence-electron chi connectivity index (χ2n) is 4.23. The van der Waals surface area contributed by atoms with Crippen LogP contribution in [0.1, 0.15) is 16.1 Å². The van der Waals surface area contributed by atoms with Crippen LogP contribution in [0.3, 0.4) is 0 Å². The molecule has 6 heteroatoms. The second kappa shape index (κ2) is 4.15. The third kappa shape index (κ3) is 2.05. The Bertz CT molecular complexity index is 827. The number of benzene rings is 1. The van der Waals surface area contributed by atoms with Crippen molar-refractivity contribution in [1.29, 1.82) is 0 Å².